The first-order valence-corrected chi connectivity index (χ1v) is 10.2. The standard InChI is InChI=1S/C19H33F2N3O2/c1-2-3-14-26-17(25)24-12-7-18(8-13-24)5-10-23(11-6-18)16-4-9-22-15-19(16,20)21/h16,22H,2-15H2,1H3/t16-/m1/s1. The van der Waals surface area contributed by atoms with E-state index in [2.05, 4.69) is 12.2 Å². The van der Waals surface area contributed by atoms with E-state index in [9.17, 15) is 13.6 Å². The van der Waals surface area contributed by atoms with Gasteiger partial charge in [-0.25, -0.2) is 13.6 Å². The summed E-state index contributed by atoms with van der Waals surface area (Å²) in [6.07, 6.45) is 6.11. The molecule has 3 aliphatic heterocycles. The van der Waals surface area contributed by atoms with Gasteiger partial charge < -0.3 is 15.0 Å². The number of amides is 1. The van der Waals surface area contributed by atoms with Crippen molar-refractivity contribution in [2.45, 2.75) is 63.8 Å². The SMILES string of the molecule is CCCCOC(=O)N1CCC2(CC1)CCN([C@@H]1CCNCC1(F)F)CC2. The Morgan fingerprint density at radius 3 is 2.42 bits per heavy atom. The van der Waals surface area contributed by atoms with Crippen molar-refractivity contribution in [2.24, 2.45) is 5.41 Å². The summed E-state index contributed by atoms with van der Waals surface area (Å²) in [4.78, 5) is 15.9. The predicted molar refractivity (Wildman–Crippen MR) is 96.5 cm³/mol. The highest BCUT2D eigenvalue weighted by Crippen LogP contribution is 2.43. The first-order chi connectivity index (χ1) is 12.5. The topological polar surface area (TPSA) is 44.8 Å². The molecule has 3 aliphatic rings. The molecule has 3 saturated heterocycles. The first kappa shape index (κ1) is 19.8. The molecule has 0 radical (unpaired) electrons. The van der Waals surface area contributed by atoms with E-state index in [0.29, 0.717) is 19.6 Å². The molecule has 0 aromatic rings. The lowest BCUT2D eigenvalue weighted by molar-refractivity contribution is -0.110. The van der Waals surface area contributed by atoms with Crippen LogP contribution < -0.4 is 5.32 Å². The molecule has 1 spiro atoms. The summed E-state index contributed by atoms with van der Waals surface area (Å²) in [5.74, 6) is -2.63. The molecule has 3 rings (SSSR count). The van der Waals surface area contributed by atoms with Gasteiger partial charge in [0, 0.05) is 13.1 Å². The third kappa shape index (κ3) is 4.47. The molecule has 0 unspecified atom stereocenters. The third-order valence-electron chi connectivity index (χ3n) is 6.55. The van der Waals surface area contributed by atoms with Gasteiger partial charge in [-0.15, -0.1) is 0 Å². The van der Waals surface area contributed by atoms with E-state index in [0.717, 1.165) is 64.7 Å². The number of carbonyl (C=O) groups excluding carboxylic acids is 1. The Hall–Kier alpha value is -0.950. The molecule has 3 fully saturated rings. The van der Waals surface area contributed by atoms with Crippen LogP contribution in [0.2, 0.25) is 0 Å². The molecule has 0 saturated carbocycles. The van der Waals surface area contributed by atoms with E-state index in [1.807, 2.05) is 9.80 Å². The Morgan fingerprint density at radius 2 is 1.81 bits per heavy atom. The maximum atomic E-state index is 14.2. The van der Waals surface area contributed by atoms with Crippen LogP contribution >= 0.6 is 0 Å². The van der Waals surface area contributed by atoms with E-state index in [1.54, 1.807) is 0 Å². The number of rotatable bonds is 4. The van der Waals surface area contributed by atoms with Crippen molar-refractivity contribution in [3.8, 4) is 0 Å². The second-order valence-corrected chi connectivity index (χ2v) is 8.23. The van der Waals surface area contributed by atoms with Crippen molar-refractivity contribution in [3.63, 3.8) is 0 Å². The van der Waals surface area contributed by atoms with Crippen LogP contribution in [0.25, 0.3) is 0 Å². The van der Waals surface area contributed by atoms with E-state index >= 15 is 0 Å². The van der Waals surface area contributed by atoms with Crippen LogP contribution in [0, 0.1) is 5.41 Å². The molecule has 3 heterocycles. The van der Waals surface area contributed by atoms with Crippen molar-refractivity contribution in [1.82, 2.24) is 15.1 Å². The van der Waals surface area contributed by atoms with Gasteiger partial charge in [-0.1, -0.05) is 13.3 Å². The lowest BCUT2D eigenvalue weighted by Crippen LogP contribution is -2.60. The van der Waals surface area contributed by atoms with Crippen molar-refractivity contribution < 1.29 is 18.3 Å². The quantitative estimate of drug-likeness (QED) is 0.769. The van der Waals surface area contributed by atoms with Crippen LogP contribution in [0.1, 0.15) is 51.9 Å². The monoisotopic (exact) mass is 373 g/mol. The smallest absolute Gasteiger partial charge is 0.409 e. The number of hydrogen-bond acceptors (Lipinski definition) is 4. The van der Waals surface area contributed by atoms with Gasteiger partial charge in [0.2, 0.25) is 0 Å². The highest BCUT2D eigenvalue weighted by Gasteiger charge is 2.47. The number of carbonyl (C=O) groups is 1. The lowest BCUT2D eigenvalue weighted by Gasteiger charge is -2.49. The van der Waals surface area contributed by atoms with Gasteiger partial charge in [-0.05, 0) is 63.6 Å². The summed E-state index contributed by atoms with van der Waals surface area (Å²) in [5, 5.41) is 2.81. The summed E-state index contributed by atoms with van der Waals surface area (Å²) < 4.78 is 33.7. The number of unbranched alkanes of at least 4 members (excludes halogenated alkanes) is 1. The summed E-state index contributed by atoms with van der Waals surface area (Å²) in [6, 6.07) is -0.616. The Bertz CT molecular complexity index is 471. The van der Waals surface area contributed by atoms with E-state index in [-0.39, 0.29) is 18.1 Å². The molecule has 1 atom stereocenters. The highest BCUT2D eigenvalue weighted by molar-refractivity contribution is 5.67. The molecular weight excluding hydrogens is 340 g/mol. The number of nitrogens with one attached hydrogen (secondary N) is 1. The van der Waals surface area contributed by atoms with Crippen LogP contribution in [0.3, 0.4) is 0 Å². The molecule has 150 valence electrons. The van der Waals surface area contributed by atoms with Gasteiger partial charge in [0.05, 0.1) is 19.2 Å². The first-order valence-electron chi connectivity index (χ1n) is 10.2. The Kier molecular flexibility index (Phi) is 6.38. The Morgan fingerprint density at radius 1 is 1.15 bits per heavy atom. The van der Waals surface area contributed by atoms with E-state index in [4.69, 9.17) is 4.74 Å². The molecule has 5 nitrogen and oxygen atoms in total. The molecule has 7 heteroatoms. The van der Waals surface area contributed by atoms with Crippen LogP contribution in [-0.4, -0.2) is 73.7 Å². The summed E-state index contributed by atoms with van der Waals surface area (Å²) >= 11 is 0. The van der Waals surface area contributed by atoms with Crippen molar-refractivity contribution in [2.75, 3.05) is 45.9 Å². The number of nitrogens with zero attached hydrogens (tertiary/aromatic N) is 2. The molecular formula is C19H33F2N3O2. The van der Waals surface area contributed by atoms with Gasteiger partial charge in [0.25, 0.3) is 5.92 Å². The molecule has 0 bridgehead atoms. The molecule has 0 aliphatic carbocycles. The average Bonchev–Trinajstić information content (AvgIpc) is 2.63. The minimum atomic E-state index is -2.63. The third-order valence-corrected chi connectivity index (χ3v) is 6.55. The number of piperidine rings is 3. The molecule has 0 aromatic heterocycles. The molecule has 1 N–H and O–H groups in total. The van der Waals surface area contributed by atoms with Gasteiger partial charge in [-0.3, -0.25) is 4.90 Å². The molecule has 0 aromatic carbocycles. The highest BCUT2D eigenvalue weighted by atomic mass is 19.3. The normalized spacial score (nSPS) is 28.9. The van der Waals surface area contributed by atoms with Gasteiger partial charge in [-0.2, -0.15) is 0 Å². The minimum absolute atomic E-state index is 0.194. The lowest BCUT2D eigenvalue weighted by atomic mass is 9.71. The number of alkyl halides is 2. The van der Waals surface area contributed by atoms with Crippen molar-refractivity contribution in [1.29, 1.82) is 0 Å². The van der Waals surface area contributed by atoms with Crippen LogP contribution in [0.15, 0.2) is 0 Å². The number of likely N-dealkylation sites (tertiary alicyclic amines) is 2. The zero-order valence-electron chi connectivity index (χ0n) is 15.9. The summed E-state index contributed by atoms with van der Waals surface area (Å²) in [5.41, 5.74) is 0.221. The van der Waals surface area contributed by atoms with Gasteiger partial charge in [0.1, 0.15) is 0 Å². The Balaban J connectivity index is 1.46. The largest absolute Gasteiger partial charge is 0.449 e. The fourth-order valence-electron chi connectivity index (χ4n) is 4.64. The fourth-order valence-corrected chi connectivity index (χ4v) is 4.64. The second kappa shape index (κ2) is 8.38. The molecule has 26 heavy (non-hydrogen) atoms. The predicted octanol–water partition coefficient (Wildman–Crippen LogP) is 3.10. The van der Waals surface area contributed by atoms with Crippen molar-refractivity contribution >= 4 is 6.09 Å². The minimum Gasteiger partial charge on any atom is -0.449 e. The number of halogens is 2. The summed E-state index contributed by atoms with van der Waals surface area (Å²) in [7, 11) is 0. The average molecular weight is 373 g/mol. The maximum Gasteiger partial charge on any atom is 0.409 e. The van der Waals surface area contributed by atoms with Gasteiger partial charge in [0.15, 0.2) is 0 Å². The zero-order chi connectivity index (χ0) is 18.6. The second-order valence-electron chi connectivity index (χ2n) is 8.23. The van der Waals surface area contributed by atoms with Crippen LogP contribution in [0.5, 0.6) is 0 Å². The van der Waals surface area contributed by atoms with E-state index in [1.165, 1.54) is 0 Å². The van der Waals surface area contributed by atoms with Crippen molar-refractivity contribution in [3.05, 3.63) is 0 Å². The fraction of sp³-hybridized carbons (Fsp3) is 0.947. The van der Waals surface area contributed by atoms with E-state index < -0.39 is 12.0 Å². The van der Waals surface area contributed by atoms with Crippen LogP contribution in [-0.2, 0) is 4.74 Å². The number of ether oxygens (including phenoxy) is 1. The number of hydrogen-bond donors (Lipinski definition) is 1. The summed E-state index contributed by atoms with van der Waals surface area (Å²) in [6.45, 7) is 6.01. The Labute approximate surface area is 155 Å². The van der Waals surface area contributed by atoms with Gasteiger partial charge >= 0.3 is 6.09 Å². The maximum absolute atomic E-state index is 14.2. The molecule has 1 amide bonds. The van der Waals surface area contributed by atoms with Crippen LogP contribution in [0.4, 0.5) is 13.6 Å². The zero-order valence-corrected chi connectivity index (χ0v) is 15.9.